The Balaban J connectivity index is 1.81. The van der Waals surface area contributed by atoms with Crippen molar-refractivity contribution in [1.82, 2.24) is 4.90 Å². The van der Waals surface area contributed by atoms with Crippen molar-refractivity contribution in [3.63, 3.8) is 0 Å². The molecular formula is C11H12ClNO3. The van der Waals surface area contributed by atoms with Crippen molar-refractivity contribution in [2.45, 2.75) is 11.8 Å². The highest BCUT2D eigenvalue weighted by molar-refractivity contribution is 6.23. The molecule has 0 N–H and O–H groups in total. The third-order valence-electron chi connectivity index (χ3n) is 3.68. The van der Waals surface area contributed by atoms with Crippen LogP contribution in [0.1, 0.15) is 6.42 Å². The molecule has 1 saturated heterocycles. The monoisotopic (exact) mass is 241 g/mol. The third-order valence-corrected chi connectivity index (χ3v) is 4.27. The molecule has 1 heterocycles. The number of ether oxygens (including phenoxy) is 1. The zero-order valence-corrected chi connectivity index (χ0v) is 9.39. The molecule has 4 atom stereocenters. The van der Waals surface area contributed by atoms with Crippen molar-refractivity contribution in [3.8, 4) is 0 Å². The summed E-state index contributed by atoms with van der Waals surface area (Å²) in [4.78, 5) is 24.7. The van der Waals surface area contributed by atoms with E-state index in [9.17, 15) is 9.59 Å². The Morgan fingerprint density at radius 1 is 1.44 bits per heavy atom. The highest BCUT2D eigenvalue weighted by atomic mass is 35.5. The van der Waals surface area contributed by atoms with Crippen LogP contribution in [0.3, 0.4) is 0 Å². The van der Waals surface area contributed by atoms with Crippen molar-refractivity contribution >= 4 is 23.6 Å². The number of carbonyl (C=O) groups is 2. The lowest BCUT2D eigenvalue weighted by Gasteiger charge is -2.24. The van der Waals surface area contributed by atoms with Crippen LogP contribution in [-0.2, 0) is 9.53 Å². The standard InChI is InChI=1S/C11H12ClNO3/c12-9-7-2-1-6(5-7)8(9)10(14)13-3-4-16-11(13)15/h1-2,6-9H,3-5H2. The van der Waals surface area contributed by atoms with Gasteiger partial charge in [0.1, 0.15) is 6.61 Å². The maximum absolute atomic E-state index is 12.2. The summed E-state index contributed by atoms with van der Waals surface area (Å²) < 4.78 is 4.77. The number of allylic oxidation sites excluding steroid dienone is 2. The predicted molar refractivity (Wildman–Crippen MR) is 56.9 cm³/mol. The zero-order chi connectivity index (χ0) is 11.3. The van der Waals surface area contributed by atoms with Gasteiger partial charge in [-0.2, -0.15) is 0 Å². The largest absolute Gasteiger partial charge is 0.447 e. The average molecular weight is 242 g/mol. The van der Waals surface area contributed by atoms with E-state index in [4.69, 9.17) is 16.3 Å². The smallest absolute Gasteiger partial charge is 0.416 e. The Kier molecular flexibility index (Phi) is 2.21. The van der Waals surface area contributed by atoms with E-state index in [2.05, 4.69) is 6.08 Å². The maximum atomic E-state index is 12.2. The van der Waals surface area contributed by atoms with Gasteiger partial charge in [-0.1, -0.05) is 12.2 Å². The molecule has 3 rings (SSSR count). The van der Waals surface area contributed by atoms with Crippen LogP contribution in [0.2, 0.25) is 0 Å². The van der Waals surface area contributed by atoms with Crippen molar-refractivity contribution in [2.75, 3.05) is 13.2 Å². The lowest BCUT2D eigenvalue weighted by atomic mass is 9.92. The first-order valence-corrected chi connectivity index (χ1v) is 5.92. The number of hydrogen-bond acceptors (Lipinski definition) is 3. The highest BCUT2D eigenvalue weighted by Gasteiger charge is 2.50. The summed E-state index contributed by atoms with van der Waals surface area (Å²) >= 11 is 6.24. The van der Waals surface area contributed by atoms with Gasteiger partial charge in [-0.05, 0) is 18.3 Å². The number of hydrogen-bond donors (Lipinski definition) is 0. The average Bonchev–Trinajstić information content (AvgIpc) is 2.92. The Labute approximate surface area is 98.2 Å². The fourth-order valence-electron chi connectivity index (χ4n) is 2.85. The van der Waals surface area contributed by atoms with Crippen LogP contribution in [0.25, 0.3) is 0 Å². The van der Waals surface area contributed by atoms with Gasteiger partial charge in [0.05, 0.1) is 17.8 Å². The molecule has 0 spiro atoms. The third kappa shape index (κ3) is 1.29. The summed E-state index contributed by atoms with van der Waals surface area (Å²) in [5, 5.41) is -0.170. The zero-order valence-electron chi connectivity index (χ0n) is 8.64. The molecule has 4 unspecified atom stereocenters. The molecule has 0 aromatic carbocycles. The van der Waals surface area contributed by atoms with Crippen molar-refractivity contribution in [2.24, 2.45) is 17.8 Å². The fourth-order valence-corrected chi connectivity index (χ4v) is 3.34. The van der Waals surface area contributed by atoms with Crippen molar-refractivity contribution in [1.29, 1.82) is 0 Å². The molecule has 16 heavy (non-hydrogen) atoms. The Hall–Kier alpha value is -1.03. The number of rotatable bonds is 1. The Bertz CT molecular complexity index is 381. The van der Waals surface area contributed by atoms with E-state index in [-0.39, 0.29) is 23.1 Å². The second-order valence-corrected chi connectivity index (χ2v) is 5.03. The van der Waals surface area contributed by atoms with Gasteiger partial charge in [-0.25, -0.2) is 9.69 Å². The van der Waals surface area contributed by atoms with Gasteiger partial charge < -0.3 is 4.74 Å². The molecular weight excluding hydrogens is 230 g/mol. The molecule has 2 bridgehead atoms. The van der Waals surface area contributed by atoms with Crippen LogP contribution >= 0.6 is 11.6 Å². The van der Waals surface area contributed by atoms with E-state index >= 15 is 0 Å². The van der Waals surface area contributed by atoms with E-state index in [1.807, 2.05) is 6.08 Å². The molecule has 86 valence electrons. The van der Waals surface area contributed by atoms with E-state index in [0.717, 1.165) is 6.42 Å². The molecule has 2 aliphatic carbocycles. The van der Waals surface area contributed by atoms with E-state index in [0.29, 0.717) is 19.1 Å². The summed E-state index contributed by atoms with van der Waals surface area (Å²) in [5.74, 6) is 0.0781. The number of imide groups is 1. The number of carbonyl (C=O) groups excluding carboxylic acids is 2. The molecule has 0 aromatic heterocycles. The fraction of sp³-hybridized carbons (Fsp3) is 0.636. The number of nitrogens with zero attached hydrogens (tertiary/aromatic N) is 1. The van der Waals surface area contributed by atoms with Crippen molar-refractivity contribution in [3.05, 3.63) is 12.2 Å². The summed E-state index contributed by atoms with van der Waals surface area (Å²) in [5.41, 5.74) is 0. The van der Waals surface area contributed by atoms with Gasteiger partial charge in [0.25, 0.3) is 0 Å². The molecule has 0 aromatic rings. The molecule has 3 aliphatic rings. The SMILES string of the molecule is O=C1OCCN1C(=O)C1C2C=CC(C2)C1Cl. The number of cyclic esters (lactones) is 1. The van der Waals surface area contributed by atoms with Gasteiger partial charge >= 0.3 is 6.09 Å². The van der Waals surface area contributed by atoms with Crippen LogP contribution < -0.4 is 0 Å². The number of halogens is 1. The second kappa shape index (κ2) is 3.48. The minimum Gasteiger partial charge on any atom is -0.447 e. The minimum atomic E-state index is -0.527. The van der Waals surface area contributed by atoms with Gasteiger partial charge in [-0.3, -0.25) is 4.79 Å². The molecule has 4 nitrogen and oxygen atoms in total. The van der Waals surface area contributed by atoms with Crippen LogP contribution in [0.15, 0.2) is 12.2 Å². The number of fused-ring (bicyclic) bond motifs is 2. The quantitative estimate of drug-likeness (QED) is 0.515. The normalized spacial score (nSPS) is 40.6. The van der Waals surface area contributed by atoms with E-state index in [1.54, 1.807) is 0 Å². The van der Waals surface area contributed by atoms with E-state index < -0.39 is 6.09 Å². The molecule has 1 saturated carbocycles. The number of alkyl halides is 1. The first-order chi connectivity index (χ1) is 7.68. The first-order valence-electron chi connectivity index (χ1n) is 5.49. The lowest BCUT2D eigenvalue weighted by Crippen LogP contribution is -2.41. The second-order valence-electron chi connectivity index (χ2n) is 4.52. The van der Waals surface area contributed by atoms with Crippen LogP contribution in [0.5, 0.6) is 0 Å². The van der Waals surface area contributed by atoms with Crippen LogP contribution in [0.4, 0.5) is 4.79 Å². The molecule has 0 radical (unpaired) electrons. The van der Waals surface area contributed by atoms with Gasteiger partial charge in [0.2, 0.25) is 5.91 Å². The summed E-state index contributed by atoms with van der Waals surface area (Å²) in [6, 6.07) is 0. The summed E-state index contributed by atoms with van der Waals surface area (Å²) in [6.45, 7) is 0.660. The molecule has 1 aliphatic heterocycles. The maximum Gasteiger partial charge on any atom is 0.416 e. The van der Waals surface area contributed by atoms with Gasteiger partial charge in [-0.15, -0.1) is 11.6 Å². The molecule has 5 heteroatoms. The first kappa shape index (κ1) is 10.1. The van der Waals surface area contributed by atoms with E-state index in [1.165, 1.54) is 4.90 Å². The summed E-state index contributed by atoms with van der Waals surface area (Å²) in [7, 11) is 0. The predicted octanol–water partition coefficient (Wildman–Crippen LogP) is 1.39. The highest BCUT2D eigenvalue weighted by Crippen LogP contribution is 2.47. The lowest BCUT2D eigenvalue weighted by molar-refractivity contribution is -0.132. The molecule has 2 amide bonds. The summed E-state index contributed by atoms with van der Waals surface area (Å²) in [6.07, 6.45) is 4.54. The Morgan fingerprint density at radius 3 is 2.75 bits per heavy atom. The van der Waals surface area contributed by atoms with Gasteiger partial charge in [0, 0.05) is 0 Å². The topological polar surface area (TPSA) is 46.6 Å². The number of amides is 2. The van der Waals surface area contributed by atoms with Crippen LogP contribution in [0, 0.1) is 17.8 Å². The van der Waals surface area contributed by atoms with Gasteiger partial charge in [0.15, 0.2) is 0 Å². The molecule has 2 fully saturated rings. The van der Waals surface area contributed by atoms with Crippen molar-refractivity contribution < 1.29 is 14.3 Å². The Morgan fingerprint density at radius 2 is 2.19 bits per heavy atom. The van der Waals surface area contributed by atoms with Crippen LogP contribution in [-0.4, -0.2) is 35.4 Å². The minimum absolute atomic E-state index is 0.167.